The molecule has 0 aliphatic heterocycles. The van der Waals surface area contributed by atoms with E-state index in [9.17, 15) is 8.42 Å². The predicted molar refractivity (Wildman–Crippen MR) is 81.3 cm³/mol. The van der Waals surface area contributed by atoms with Crippen LogP contribution in [0.2, 0.25) is 0 Å². The average molecular weight is 407 g/mol. The topological polar surface area (TPSA) is 85.1 Å². The molecule has 19 heavy (non-hydrogen) atoms. The fraction of sp³-hybridized carbons (Fsp3) is 0. The molecular weight excluding hydrogens is 398 g/mol. The summed E-state index contributed by atoms with van der Waals surface area (Å²) >= 11 is 6.42. The zero-order valence-corrected chi connectivity index (χ0v) is 13.5. The maximum atomic E-state index is 12.1. The molecule has 1 heterocycles. The van der Waals surface area contributed by atoms with Crippen LogP contribution in [0.15, 0.2) is 50.4 Å². The smallest absolute Gasteiger partial charge is 0.263 e. The SMILES string of the molecule is Nc1ccc(S(=O)(=O)Nc2ccc(Br)cn2)cc1Br. The van der Waals surface area contributed by atoms with E-state index < -0.39 is 10.0 Å². The lowest BCUT2D eigenvalue weighted by atomic mass is 10.3. The third kappa shape index (κ3) is 3.46. The summed E-state index contributed by atoms with van der Waals surface area (Å²) in [5, 5.41) is 0. The number of benzene rings is 1. The predicted octanol–water partition coefficient (Wildman–Crippen LogP) is 2.99. The normalized spacial score (nSPS) is 11.3. The minimum atomic E-state index is -3.68. The van der Waals surface area contributed by atoms with Crippen LogP contribution in [0.4, 0.5) is 11.5 Å². The second-order valence-electron chi connectivity index (χ2n) is 3.65. The van der Waals surface area contributed by atoms with E-state index in [-0.39, 0.29) is 10.7 Å². The Hall–Kier alpha value is -1.12. The van der Waals surface area contributed by atoms with Crippen molar-refractivity contribution in [3.63, 3.8) is 0 Å². The third-order valence-electron chi connectivity index (χ3n) is 2.25. The van der Waals surface area contributed by atoms with E-state index in [1.165, 1.54) is 24.4 Å². The average Bonchev–Trinajstić information content (AvgIpc) is 2.35. The molecule has 0 aliphatic carbocycles. The van der Waals surface area contributed by atoms with Gasteiger partial charge >= 0.3 is 0 Å². The highest BCUT2D eigenvalue weighted by Gasteiger charge is 2.15. The Balaban J connectivity index is 2.32. The summed E-state index contributed by atoms with van der Waals surface area (Å²) in [5.74, 6) is 0.246. The molecule has 2 rings (SSSR count). The van der Waals surface area contributed by atoms with E-state index in [0.29, 0.717) is 10.2 Å². The standard InChI is InChI=1S/C11H9Br2N3O2S/c12-7-1-4-11(15-6-7)16-19(17,18)8-2-3-10(14)9(13)5-8/h1-6H,14H2,(H,15,16). The highest BCUT2D eigenvalue weighted by Crippen LogP contribution is 2.24. The number of anilines is 2. The molecule has 1 aromatic carbocycles. The lowest BCUT2D eigenvalue weighted by Crippen LogP contribution is -2.14. The van der Waals surface area contributed by atoms with E-state index in [4.69, 9.17) is 5.73 Å². The van der Waals surface area contributed by atoms with Gasteiger partial charge in [-0.2, -0.15) is 0 Å². The van der Waals surface area contributed by atoms with E-state index >= 15 is 0 Å². The molecule has 1 aromatic heterocycles. The molecular formula is C11H9Br2N3O2S. The molecule has 0 saturated carbocycles. The lowest BCUT2D eigenvalue weighted by molar-refractivity contribution is 0.601. The summed E-state index contributed by atoms with van der Waals surface area (Å²) in [6, 6.07) is 7.66. The second-order valence-corrected chi connectivity index (χ2v) is 7.10. The fourth-order valence-electron chi connectivity index (χ4n) is 1.31. The van der Waals surface area contributed by atoms with Crippen molar-refractivity contribution in [1.29, 1.82) is 0 Å². The molecule has 5 nitrogen and oxygen atoms in total. The number of aromatic nitrogens is 1. The van der Waals surface area contributed by atoms with Crippen molar-refractivity contribution < 1.29 is 8.42 Å². The molecule has 0 amide bonds. The number of rotatable bonds is 3. The quantitative estimate of drug-likeness (QED) is 0.767. The Kier molecular flexibility index (Phi) is 4.12. The van der Waals surface area contributed by atoms with Gasteiger partial charge < -0.3 is 5.73 Å². The van der Waals surface area contributed by atoms with Gasteiger partial charge in [0.1, 0.15) is 5.82 Å². The highest BCUT2D eigenvalue weighted by molar-refractivity contribution is 9.10. The second kappa shape index (κ2) is 5.48. The van der Waals surface area contributed by atoms with Crippen LogP contribution in [0.5, 0.6) is 0 Å². The first-order valence-electron chi connectivity index (χ1n) is 5.08. The van der Waals surface area contributed by atoms with Gasteiger partial charge in [-0.3, -0.25) is 4.72 Å². The van der Waals surface area contributed by atoms with Crippen LogP contribution in [0.1, 0.15) is 0 Å². The first-order chi connectivity index (χ1) is 8.88. The molecule has 3 N–H and O–H groups in total. The number of nitrogens with one attached hydrogen (secondary N) is 1. The summed E-state index contributed by atoms with van der Waals surface area (Å²) in [4.78, 5) is 4.06. The third-order valence-corrected chi connectivity index (χ3v) is 4.76. The van der Waals surface area contributed by atoms with E-state index in [1.807, 2.05) is 0 Å². The Bertz CT molecular complexity index is 702. The first-order valence-corrected chi connectivity index (χ1v) is 8.15. The van der Waals surface area contributed by atoms with Gasteiger partial charge in [0.25, 0.3) is 10.0 Å². The van der Waals surface area contributed by atoms with Gasteiger partial charge in [0.2, 0.25) is 0 Å². The molecule has 0 unspecified atom stereocenters. The van der Waals surface area contributed by atoms with Crippen LogP contribution < -0.4 is 10.5 Å². The minimum absolute atomic E-state index is 0.110. The number of pyridine rings is 1. The molecule has 100 valence electrons. The van der Waals surface area contributed by atoms with Crippen molar-refractivity contribution in [3.05, 3.63) is 45.5 Å². The zero-order valence-electron chi connectivity index (χ0n) is 9.47. The van der Waals surface area contributed by atoms with Gasteiger partial charge in [-0.25, -0.2) is 13.4 Å². The van der Waals surface area contributed by atoms with Crippen molar-refractivity contribution >= 4 is 53.4 Å². The van der Waals surface area contributed by atoms with Crippen molar-refractivity contribution in [2.24, 2.45) is 0 Å². The summed E-state index contributed by atoms with van der Waals surface area (Å²) in [5.41, 5.74) is 6.09. The fourth-order valence-corrected chi connectivity index (χ4v) is 3.11. The number of nitrogens with two attached hydrogens (primary N) is 1. The molecule has 0 spiro atoms. The largest absolute Gasteiger partial charge is 0.398 e. The van der Waals surface area contributed by atoms with Gasteiger partial charge in [0.05, 0.1) is 4.90 Å². The van der Waals surface area contributed by atoms with Crippen LogP contribution in [-0.2, 0) is 10.0 Å². The lowest BCUT2D eigenvalue weighted by Gasteiger charge is -2.08. The van der Waals surface area contributed by atoms with Crippen molar-refractivity contribution in [3.8, 4) is 0 Å². The van der Waals surface area contributed by atoms with E-state index in [1.54, 1.807) is 12.1 Å². The molecule has 0 aliphatic rings. The number of hydrogen-bond acceptors (Lipinski definition) is 4. The minimum Gasteiger partial charge on any atom is -0.398 e. The van der Waals surface area contributed by atoms with Gasteiger partial charge in [-0.05, 0) is 62.2 Å². The zero-order chi connectivity index (χ0) is 14.0. The molecule has 0 fully saturated rings. The van der Waals surface area contributed by atoms with Crippen molar-refractivity contribution in [2.45, 2.75) is 4.90 Å². The summed E-state index contributed by atoms with van der Waals surface area (Å²) < 4.78 is 27.9. The van der Waals surface area contributed by atoms with Gasteiger partial charge in [0, 0.05) is 20.8 Å². The Morgan fingerprint density at radius 2 is 1.89 bits per heavy atom. The van der Waals surface area contributed by atoms with Crippen molar-refractivity contribution in [2.75, 3.05) is 10.5 Å². The van der Waals surface area contributed by atoms with E-state index in [2.05, 4.69) is 41.6 Å². The van der Waals surface area contributed by atoms with Gasteiger partial charge in [0.15, 0.2) is 0 Å². The van der Waals surface area contributed by atoms with Crippen LogP contribution in [0.3, 0.4) is 0 Å². The van der Waals surface area contributed by atoms with Gasteiger partial charge in [-0.1, -0.05) is 0 Å². The first kappa shape index (κ1) is 14.3. The van der Waals surface area contributed by atoms with Crippen LogP contribution in [0.25, 0.3) is 0 Å². The molecule has 2 aromatic rings. The molecule has 8 heteroatoms. The number of nitrogen functional groups attached to an aromatic ring is 1. The summed E-state index contributed by atoms with van der Waals surface area (Å²) in [7, 11) is -3.68. The van der Waals surface area contributed by atoms with Gasteiger partial charge in [-0.15, -0.1) is 0 Å². The summed E-state index contributed by atoms with van der Waals surface area (Å²) in [6.45, 7) is 0. The maximum Gasteiger partial charge on any atom is 0.263 e. The van der Waals surface area contributed by atoms with Crippen molar-refractivity contribution in [1.82, 2.24) is 4.98 Å². The molecule has 0 bridgehead atoms. The van der Waals surface area contributed by atoms with E-state index in [0.717, 1.165) is 4.47 Å². The number of sulfonamides is 1. The monoisotopic (exact) mass is 405 g/mol. The van der Waals surface area contributed by atoms with Crippen LogP contribution in [-0.4, -0.2) is 13.4 Å². The number of nitrogens with zero attached hydrogens (tertiary/aromatic N) is 1. The Morgan fingerprint density at radius 1 is 1.16 bits per heavy atom. The highest BCUT2D eigenvalue weighted by atomic mass is 79.9. The van der Waals surface area contributed by atoms with Crippen LogP contribution in [0, 0.1) is 0 Å². The molecule has 0 saturated heterocycles. The Labute approximate surface area is 127 Å². The maximum absolute atomic E-state index is 12.1. The molecule has 0 atom stereocenters. The Morgan fingerprint density at radius 3 is 2.47 bits per heavy atom. The van der Waals surface area contributed by atoms with Crippen LogP contribution >= 0.6 is 31.9 Å². The number of halogens is 2. The number of hydrogen-bond donors (Lipinski definition) is 2. The molecule has 0 radical (unpaired) electrons. The summed E-state index contributed by atoms with van der Waals surface area (Å²) in [6.07, 6.45) is 1.51.